The number of rotatable bonds is 4. The number of ether oxygens (including phenoxy) is 2. The van der Waals surface area contributed by atoms with Gasteiger partial charge < -0.3 is 19.7 Å². The largest absolute Gasteiger partial charge is 0.507 e. The molecule has 0 aromatic heterocycles. The van der Waals surface area contributed by atoms with E-state index in [2.05, 4.69) is 13.2 Å². The summed E-state index contributed by atoms with van der Waals surface area (Å²) in [7, 11) is 0. The van der Waals surface area contributed by atoms with E-state index in [1.54, 1.807) is 24.3 Å². The molecular weight excluding hydrogens is 592 g/mol. The maximum absolute atomic E-state index is 12.7. The topological polar surface area (TPSA) is 161 Å². The van der Waals surface area contributed by atoms with Crippen molar-refractivity contribution >= 4 is 45.8 Å². The van der Waals surface area contributed by atoms with Crippen LogP contribution in [-0.4, -0.2) is 45.3 Å². The fraction of sp³-hybridized carbons (Fsp3) is 0.111. The van der Waals surface area contributed by atoms with Crippen LogP contribution < -0.4 is 9.47 Å². The van der Waals surface area contributed by atoms with Gasteiger partial charge in [0.2, 0.25) is 0 Å². The van der Waals surface area contributed by atoms with Gasteiger partial charge in [-0.05, 0) is 26.0 Å². The minimum Gasteiger partial charge on any atom is -0.507 e. The normalized spacial score (nSPS) is 13.1. The molecule has 0 fully saturated rings. The number of esters is 2. The van der Waals surface area contributed by atoms with Gasteiger partial charge in [-0.2, -0.15) is 0 Å². The van der Waals surface area contributed by atoms with Crippen LogP contribution in [0.4, 0.5) is 0 Å². The number of Topliss-reactive ketones (excluding diaryl/α,β-unsaturated/α-hetero) is 2. The summed E-state index contributed by atoms with van der Waals surface area (Å²) in [4.78, 5) is 73.5. The zero-order valence-corrected chi connectivity index (χ0v) is 24.8. The van der Waals surface area contributed by atoms with Gasteiger partial charge in [0.15, 0.2) is 28.9 Å². The first-order valence-corrected chi connectivity index (χ1v) is 14.0. The third-order valence-corrected chi connectivity index (χ3v) is 7.38. The lowest BCUT2D eigenvalue weighted by Gasteiger charge is -2.21. The Labute approximate surface area is 262 Å². The van der Waals surface area contributed by atoms with Crippen LogP contribution in [0.5, 0.6) is 23.0 Å². The summed E-state index contributed by atoms with van der Waals surface area (Å²) in [6.45, 7) is 9.98. The lowest BCUT2D eigenvalue weighted by Crippen LogP contribution is -2.23. The molecule has 6 rings (SSSR count). The van der Waals surface area contributed by atoms with Gasteiger partial charge in [-0.25, -0.2) is 9.59 Å². The SMILES string of the molecule is C=C(C)C(=O)Oc1c2c(c(O)c3ccccc13)C(=O)CCC2=O.C=C(C)C(=O)Oc1cccc2c1C(=O)c1cccc(O)c1C2=O. The van der Waals surface area contributed by atoms with Gasteiger partial charge in [0, 0.05) is 45.9 Å². The highest BCUT2D eigenvalue weighted by Crippen LogP contribution is 2.43. The number of carbonyl (C=O) groups excluding carboxylic acids is 6. The Balaban J connectivity index is 0.000000181. The Hall–Kier alpha value is -6.16. The molecule has 2 N–H and O–H groups in total. The van der Waals surface area contributed by atoms with E-state index in [9.17, 15) is 39.0 Å². The zero-order chi connectivity index (χ0) is 33.4. The van der Waals surface area contributed by atoms with Gasteiger partial charge in [-0.3, -0.25) is 19.2 Å². The molecule has 2 aliphatic carbocycles. The van der Waals surface area contributed by atoms with Crippen LogP contribution in [0, 0.1) is 0 Å². The molecule has 0 atom stereocenters. The molecule has 46 heavy (non-hydrogen) atoms. The van der Waals surface area contributed by atoms with Crippen molar-refractivity contribution in [3.8, 4) is 23.0 Å². The summed E-state index contributed by atoms with van der Waals surface area (Å²) >= 11 is 0. The smallest absolute Gasteiger partial charge is 0.338 e. The molecule has 0 saturated heterocycles. The minimum absolute atomic E-state index is 0.00263. The van der Waals surface area contributed by atoms with Crippen molar-refractivity contribution in [1.29, 1.82) is 0 Å². The summed E-state index contributed by atoms with van der Waals surface area (Å²) < 4.78 is 10.5. The summed E-state index contributed by atoms with van der Waals surface area (Å²) in [5, 5.41) is 21.1. The van der Waals surface area contributed by atoms with Crippen molar-refractivity contribution in [3.05, 3.63) is 118 Å². The quantitative estimate of drug-likeness (QED) is 0.142. The molecule has 4 aromatic rings. The number of phenols is 2. The predicted molar refractivity (Wildman–Crippen MR) is 166 cm³/mol. The number of hydrogen-bond donors (Lipinski definition) is 2. The van der Waals surface area contributed by atoms with E-state index in [0.29, 0.717) is 10.8 Å². The molecule has 0 bridgehead atoms. The Bertz CT molecular complexity index is 2080. The first-order chi connectivity index (χ1) is 21.8. The van der Waals surface area contributed by atoms with Gasteiger partial charge in [-0.15, -0.1) is 0 Å². The second-order valence-corrected chi connectivity index (χ2v) is 10.7. The van der Waals surface area contributed by atoms with Crippen molar-refractivity contribution in [2.24, 2.45) is 0 Å². The monoisotopic (exact) mass is 618 g/mol. The van der Waals surface area contributed by atoms with E-state index < -0.39 is 23.5 Å². The molecule has 10 nitrogen and oxygen atoms in total. The van der Waals surface area contributed by atoms with Crippen LogP contribution in [0.1, 0.15) is 79.2 Å². The molecule has 0 spiro atoms. The molecule has 0 saturated carbocycles. The van der Waals surface area contributed by atoms with E-state index in [-0.39, 0.29) is 91.9 Å². The molecule has 0 amide bonds. The second kappa shape index (κ2) is 12.1. The average Bonchev–Trinajstić information content (AvgIpc) is 3.03. The first kappa shape index (κ1) is 31.3. The van der Waals surface area contributed by atoms with Crippen LogP contribution in [0.2, 0.25) is 0 Å². The molecule has 10 heteroatoms. The molecule has 0 heterocycles. The molecule has 2 aliphatic rings. The van der Waals surface area contributed by atoms with Crippen LogP contribution in [0.25, 0.3) is 10.8 Å². The van der Waals surface area contributed by atoms with Crippen LogP contribution in [0.3, 0.4) is 0 Å². The number of carbonyl (C=O) groups is 6. The van der Waals surface area contributed by atoms with Crippen LogP contribution >= 0.6 is 0 Å². The Morgan fingerprint density at radius 2 is 1.15 bits per heavy atom. The first-order valence-electron chi connectivity index (χ1n) is 14.0. The summed E-state index contributed by atoms with van der Waals surface area (Å²) in [6, 6.07) is 15.3. The zero-order valence-electron chi connectivity index (χ0n) is 24.8. The summed E-state index contributed by atoms with van der Waals surface area (Å²) in [5.41, 5.74) is 0.424. The van der Waals surface area contributed by atoms with E-state index >= 15 is 0 Å². The van der Waals surface area contributed by atoms with Crippen molar-refractivity contribution in [3.63, 3.8) is 0 Å². The molecule has 0 unspecified atom stereocenters. The van der Waals surface area contributed by atoms with E-state index in [4.69, 9.17) is 9.47 Å². The van der Waals surface area contributed by atoms with Crippen molar-refractivity contribution in [2.75, 3.05) is 0 Å². The lowest BCUT2D eigenvalue weighted by atomic mass is 9.83. The average molecular weight is 619 g/mol. The fourth-order valence-corrected chi connectivity index (χ4v) is 5.15. The van der Waals surface area contributed by atoms with Gasteiger partial charge >= 0.3 is 11.9 Å². The van der Waals surface area contributed by atoms with Crippen molar-refractivity contribution in [2.45, 2.75) is 26.7 Å². The number of aromatic hydroxyl groups is 2. The summed E-state index contributed by atoms with van der Waals surface area (Å²) in [6.07, 6.45) is 0.0623. The number of benzene rings is 4. The minimum atomic E-state index is -0.686. The van der Waals surface area contributed by atoms with Gasteiger partial charge in [0.05, 0.1) is 22.3 Å². The molecule has 4 aromatic carbocycles. The number of hydrogen-bond acceptors (Lipinski definition) is 10. The lowest BCUT2D eigenvalue weighted by molar-refractivity contribution is -0.130. The van der Waals surface area contributed by atoms with Gasteiger partial charge in [-0.1, -0.05) is 61.7 Å². The maximum Gasteiger partial charge on any atom is 0.338 e. The highest BCUT2D eigenvalue weighted by Gasteiger charge is 2.35. The Morgan fingerprint density at radius 1 is 0.630 bits per heavy atom. The molecule has 0 radical (unpaired) electrons. The third-order valence-electron chi connectivity index (χ3n) is 7.38. The highest BCUT2D eigenvalue weighted by atomic mass is 16.5. The van der Waals surface area contributed by atoms with Crippen LogP contribution in [0.15, 0.2) is 85.0 Å². The molecular formula is C36H26O10. The van der Waals surface area contributed by atoms with Gasteiger partial charge in [0.25, 0.3) is 0 Å². The van der Waals surface area contributed by atoms with Crippen LogP contribution in [-0.2, 0) is 9.59 Å². The maximum atomic E-state index is 12.7. The van der Waals surface area contributed by atoms with E-state index in [1.165, 1.54) is 50.2 Å². The highest BCUT2D eigenvalue weighted by molar-refractivity contribution is 6.30. The van der Waals surface area contributed by atoms with E-state index in [1.807, 2.05) is 0 Å². The molecule has 0 aliphatic heterocycles. The predicted octanol–water partition coefficient (Wildman–Crippen LogP) is 5.84. The Kier molecular flexibility index (Phi) is 8.21. The third kappa shape index (κ3) is 5.36. The van der Waals surface area contributed by atoms with Crippen molar-refractivity contribution < 1.29 is 48.5 Å². The molecule has 230 valence electrons. The second-order valence-electron chi connectivity index (χ2n) is 10.7. The number of fused-ring (bicyclic) bond motifs is 4. The summed E-state index contributed by atoms with van der Waals surface area (Å²) in [5.74, 6) is -3.48. The number of phenolic OH excluding ortho intramolecular Hbond substituents is 2. The van der Waals surface area contributed by atoms with Gasteiger partial charge in [0.1, 0.15) is 17.2 Å². The fourth-order valence-electron chi connectivity index (χ4n) is 5.15. The Morgan fingerprint density at radius 3 is 1.78 bits per heavy atom. The standard InChI is InChI=1S/C18H12O5.C18H14O5/c1-9(2)18(22)23-13-8-4-6-11-15(13)17(21)10-5-3-7-12(19)14(10)16(11)20;1-9(2)18(22)23-17-11-6-4-3-5-10(11)16(21)14-12(19)7-8-13(20)15(14)17/h3-8,19H,1H2,2H3;3-6,21H,1,7-8H2,2H3. The van der Waals surface area contributed by atoms with Crippen molar-refractivity contribution in [1.82, 2.24) is 0 Å². The van der Waals surface area contributed by atoms with E-state index in [0.717, 1.165) is 0 Å². The number of ketones is 4.